The third kappa shape index (κ3) is 3.72. The lowest BCUT2D eigenvalue weighted by atomic mass is 9.94. The topological polar surface area (TPSA) is 57.6 Å². The first-order valence-corrected chi connectivity index (χ1v) is 6.61. The molecular formula is C13H23NO3. The van der Waals surface area contributed by atoms with E-state index >= 15 is 0 Å². The van der Waals surface area contributed by atoms with E-state index in [9.17, 15) is 9.59 Å². The molecular weight excluding hydrogens is 218 g/mol. The third-order valence-corrected chi connectivity index (χ3v) is 3.64. The summed E-state index contributed by atoms with van der Waals surface area (Å²) in [6.07, 6.45) is 4.04. The molecule has 98 valence electrons. The Morgan fingerprint density at radius 2 is 1.88 bits per heavy atom. The molecule has 1 heterocycles. The maximum absolute atomic E-state index is 12.2. The van der Waals surface area contributed by atoms with Crippen LogP contribution in [0, 0.1) is 11.8 Å². The molecule has 1 saturated heterocycles. The van der Waals surface area contributed by atoms with Crippen molar-refractivity contribution in [3.63, 3.8) is 0 Å². The molecule has 0 aromatic rings. The quantitative estimate of drug-likeness (QED) is 0.802. The zero-order chi connectivity index (χ0) is 12.8. The first kappa shape index (κ1) is 14.0. The number of hydrogen-bond acceptors (Lipinski definition) is 2. The molecule has 1 unspecified atom stereocenters. The summed E-state index contributed by atoms with van der Waals surface area (Å²) in [5, 5.41) is 8.90. The normalized spacial score (nSPS) is 19.1. The Hall–Kier alpha value is -1.06. The molecule has 1 rings (SSSR count). The van der Waals surface area contributed by atoms with Crippen LogP contribution < -0.4 is 0 Å². The van der Waals surface area contributed by atoms with Crippen molar-refractivity contribution in [1.29, 1.82) is 0 Å². The Kier molecular flexibility index (Phi) is 5.45. The first-order chi connectivity index (χ1) is 8.10. The number of carbonyl (C=O) groups is 2. The lowest BCUT2D eigenvalue weighted by Crippen LogP contribution is -2.43. The molecule has 1 atom stereocenters. The number of piperidine rings is 1. The fourth-order valence-electron chi connectivity index (χ4n) is 2.46. The molecule has 4 nitrogen and oxygen atoms in total. The molecule has 4 heteroatoms. The van der Waals surface area contributed by atoms with Crippen LogP contribution in [0.15, 0.2) is 0 Å². The second kappa shape index (κ2) is 6.62. The molecule has 1 fully saturated rings. The van der Waals surface area contributed by atoms with Crippen molar-refractivity contribution in [2.24, 2.45) is 11.8 Å². The minimum Gasteiger partial charge on any atom is -0.481 e. The van der Waals surface area contributed by atoms with Crippen molar-refractivity contribution in [2.75, 3.05) is 13.1 Å². The van der Waals surface area contributed by atoms with Crippen LogP contribution in [0.5, 0.6) is 0 Å². The minimum absolute atomic E-state index is 0.126. The Labute approximate surface area is 103 Å². The van der Waals surface area contributed by atoms with Crippen molar-refractivity contribution in [2.45, 2.75) is 46.0 Å². The number of hydrogen-bond donors (Lipinski definition) is 1. The van der Waals surface area contributed by atoms with Gasteiger partial charge in [0.1, 0.15) is 0 Å². The molecule has 0 radical (unpaired) electrons. The van der Waals surface area contributed by atoms with Crippen molar-refractivity contribution < 1.29 is 14.7 Å². The van der Waals surface area contributed by atoms with Crippen LogP contribution in [0.1, 0.15) is 46.0 Å². The highest BCUT2D eigenvalue weighted by atomic mass is 16.4. The van der Waals surface area contributed by atoms with Crippen LogP contribution in [0.25, 0.3) is 0 Å². The largest absolute Gasteiger partial charge is 0.481 e. The van der Waals surface area contributed by atoms with Gasteiger partial charge in [-0.2, -0.15) is 0 Å². The van der Waals surface area contributed by atoms with Crippen LogP contribution >= 0.6 is 0 Å². The molecule has 0 aromatic heterocycles. The fraction of sp³-hybridized carbons (Fsp3) is 0.846. The van der Waals surface area contributed by atoms with Crippen LogP contribution in [0.4, 0.5) is 0 Å². The summed E-state index contributed by atoms with van der Waals surface area (Å²) in [5.41, 5.74) is 0. The average Bonchev–Trinajstić information content (AvgIpc) is 2.35. The van der Waals surface area contributed by atoms with Crippen molar-refractivity contribution in [1.82, 2.24) is 4.90 Å². The molecule has 1 amide bonds. The molecule has 1 aliphatic heterocycles. The van der Waals surface area contributed by atoms with Gasteiger partial charge < -0.3 is 10.0 Å². The van der Waals surface area contributed by atoms with E-state index in [-0.39, 0.29) is 17.7 Å². The molecule has 1 aliphatic rings. The van der Waals surface area contributed by atoms with E-state index in [0.29, 0.717) is 25.9 Å². The van der Waals surface area contributed by atoms with E-state index in [1.807, 2.05) is 11.8 Å². The highest BCUT2D eigenvalue weighted by molar-refractivity contribution is 5.79. The summed E-state index contributed by atoms with van der Waals surface area (Å²) >= 11 is 0. The predicted molar refractivity (Wildman–Crippen MR) is 65.6 cm³/mol. The molecule has 1 N–H and O–H groups in total. The summed E-state index contributed by atoms with van der Waals surface area (Å²) in [6.45, 7) is 5.35. The first-order valence-electron chi connectivity index (χ1n) is 6.61. The van der Waals surface area contributed by atoms with Gasteiger partial charge in [0.15, 0.2) is 0 Å². The van der Waals surface area contributed by atoms with Crippen molar-refractivity contribution in [3.8, 4) is 0 Å². The van der Waals surface area contributed by atoms with Crippen LogP contribution in [-0.2, 0) is 9.59 Å². The van der Waals surface area contributed by atoms with E-state index in [0.717, 1.165) is 19.3 Å². The number of nitrogens with zero attached hydrogens (tertiary/aromatic N) is 1. The standard InChI is InChI=1S/C13H23NO3/c1-3-5-10(4-2)12(15)14-8-6-11(7-9-14)13(16)17/h10-11H,3-9H2,1-2H3,(H,16,17). The maximum atomic E-state index is 12.2. The van der Waals surface area contributed by atoms with E-state index in [2.05, 4.69) is 6.92 Å². The summed E-state index contributed by atoms with van der Waals surface area (Å²) in [7, 11) is 0. The zero-order valence-corrected chi connectivity index (χ0v) is 10.8. The van der Waals surface area contributed by atoms with E-state index in [4.69, 9.17) is 5.11 Å². The summed E-state index contributed by atoms with van der Waals surface area (Å²) in [4.78, 5) is 24.8. The second-order valence-corrected chi connectivity index (χ2v) is 4.83. The number of carbonyl (C=O) groups excluding carboxylic acids is 1. The highest BCUT2D eigenvalue weighted by Gasteiger charge is 2.29. The van der Waals surface area contributed by atoms with Crippen molar-refractivity contribution in [3.05, 3.63) is 0 Å². The number of amides is 1. The molecule has 0 aliphatic carbocycles. The van der Waals surface area contributed by atoms with Gasteiger partial charge in [0.25, 0.3) is 0 Å². The number of carboxylic acids is 1. The van der Waals surface area contributed by atoms with Gasteiger partial charge in [-0.15, -0.1) is 0 Å². The maximum Gasteiger partial charge on any atom is 0.306 e. The number of rotatable bonds is 5. The van der Waals surface area contributed by atoms with E-state index in [1.165, 1.54) is 0 Å². The molecule has 17 heavy (non-hydrogen) atoms. The smallest absolute Gasteiger partial charge is 0.306 e. The van der Waals surface area contributed by atoms with Crippen molar-refractivity contribution >= 4 is 11.9 Å². The van der Waals surface area contributed by atoms with E-state index < -0.39 is 5.97 Å². The summed E-state index contributed by atoms with van der Waals surface area (Å²) < 4.78 is 0. The van der Waals surface area contributed by atoms with Crippen LogP contribution in [0.3, 0.4) is 0 Å². The Morgan fingerprint density at radius 1 is 1.29 bits per heavy atom. The fourth-order valence-corrected chi connectivity index (χ4v) is 2.46. The average molecular weight is 241 g/mol. The van der Waals surface area contributed by atoms with Crippen LogP contribution in [-0.4, -0.2) is 35.0 Å². The van der Waals surface area contributed by atoms with Gasteiger partial charge in [0.2, 0.25) is 5.91 Å². The van der Waals surface area contributed by atoms with Gasteiger partial charge in [0, 0.05) is 19.0 Å². The van der Waals surface area contributed by atoms with Gasteiger partial charge in [0.05, 0.1) is 5.92 Å². The molecule has 0 saturated carbocycles. The number of carboxylic acid groups (broad SMARTS) is 1. The lowest BCUT2D eigenvalue weighted by Gasteiger charge is -2.32. The van der Waals surface area contributed by atoms with Gasteiger partial charge >= 0.3 is 5.97 Å². The lowest BCUT2D eigenvalue weighted by molar-refractivity contribution is -0.146. The van der Waals surface area contributed by atoms with Gasteiger partial charge in [-0.3, -0.25) is 9.59 Å². The van der Waals surface area contributed by atoms with Crippen LogP contribution in [0.2, 0.25) is 0 Å². The molecule has 0 aromatic carbocycles. The second-order valence-electron chi connectivity index (χ2n) is 4.83. The molecule has 0 spiro atoms. The summed E-state index contributed by atoms with van der Waals surface area (Å²) in [6, 6.07) is 0. The number of likely N-dealkylation sites (tertiary alicyclic amines) is 1. The molecule has 0 bridgehead atoms. The van der Waals surface area contributed by atoms with E-state index in [1.54, 1.807) is 0 Å². The Bertz CT molecular complexity index is 270. The minimum atomic E-state index is -0.724. The summed E-state index contributed by atoms with van der Waals surface area (Å²) in [5.74, 6) is -0.637. The Balaban J connectivity index is 2.47. The van der Waals surface area contributed by atoms with Gasteiger partial charge in [-0.05, 0) is 25.7 Å². The monoisotopic (exact) mass is 241 g/mol. The van der Waals surface area contributed by atoms with Gasteiger partial charge in [-0.1, -0.05) is 20.3 Å². The third-order valence-electron chi connectivity index (χ3n) is 3.64. The highest BCUT2D eigenvalue weighted by Crippen LogP contribution is 2.21. The zero-order valence-electron chi connectivity index (χ0n) is 10.8. The number of aliphatic carboxylic acids is 1. The predicted octanol–water partition coefficient (Wildman–Crippen LogP) is 2.14. The van der Waals surface area contributed by atoms with Gasteiger partial charge in [-0.25, -0.2) is 0 Å². The Morgan fingerprint density at radius 3 is 2.29 bits per heavy atom. The SMILES string of the molecule is CCCC(CC)C(=O)N1CCC(C(=O)O)CC1.